The summed E-state index contributed by atoms with van der Waals surface area (Å²) in [7, 11) is 4.15. The molecule has 5 rings (SSSR count). The zero-order valence-electron chi connectivity index (χ0n) is 20.6. The van der Waals surface area contributed by atoms with Crippen LogP contribution in [0.2, 0.25) is 0 Å². The second kappa shape index (κ2) is 9.49. The molecule has 6 nitrogen and oxygen atoms in total. The van der Waals surface area contributed by atoms with Gasteiger partial charge in [0.15, 0.2) is 0 Å². The number of benzene rings is 1. The van der Waals surface area contributed by atoms with Gasteiger partial charge in [0.25, 0.3) is 0 Å². The van der Waals surface area contributed by atoms with Gasteiger partial charge in [-0.1, -0.05) is 50.1 Å². The van der Waals surface area contributed by atoms with E-state index in [1.54, 1.807) is 0 Å². The first-order valence-electron chi connectivity index (χ1n) is 12.9. The van der Waals surface area contributed by atoms with E-state index in [1.165, 1.54) is 44.1 Å². The molecule has 3 aliphatic rings. The molecule has 1 aromatic carbocycles. The van der Waals surface area contributed by atoms with Gasteiger partial charge >= 0.3 is 0 Å². The highest BCUT2D eigenvalue weighted by Gasteiger charge is 2.49. The Kier molecular flexibility index (Phi) is 6.46. The van der Waals surface area contributed by atoms with Gasteiger partial charge in [0, 0.05) is 58.4 Å². The molecule has 2 saturated carbocycles. The van der Waals surface area contributed by atoms with Crippen LogP contribution in [0.4, 0.5) is 17.6 Å². The van der Waals surface area contributed by atoms with Crippen molar-refractivity contribution in [2.75, 3.05) is 55.4 Å². The molecule has 6 heteroatoms. The van der Waals surface area contributed by atoms with Crippen LogP contribution in [-0.4, -0.2) is 60.7 Å². The lowest BCUT2D eigenvalue weighted by molar-refractivity contribution is 0.248. The Morgan fingerprint density at radius 3 is 2.61 bits per heavy atom. The topological polar surface area (TPSA) is 47.5 Å². The summed E-state index contributed by atoms with van der Waals surface area (Å²) in [6.07, 6.45) is 7.96. The average molecular weight is 449 g/mol. The van der Waals surface area contributed by atoms with Crippen LogP contribution in [0.1, 0.15) is 51.0 Å². The first-order valence-corrected chi connectivity index (χ1v) is 12.9. The van der Waals surface area contributed by atoms with Crippen molar-refractivity contribution in [3.63, 3.8) is 0 Å². The fourth-order valence-electron chi connectivity index (χ4n) is 6.34. The minimum absolute atomic E-state index is 0.240. The fraction of sp³-hybridized carbons (Fsp3) is 0.630. The number of rotatable bonds is 7. The first-order chi connectivity index (χ1) is 16.0. The molecule has 1 aromatic heterocycles. The van der Waals surface area contributed by atoms with Crippen LogP contribution >= 0.6 is 0 Å². The van der Waals surface area contributed by atoms with Gasteiger partial charge in [0.05, 0.1) is 0 Å². The van der Waals surface area contributed by atoms with Crippen molar-refractivity contribution in [3.05, 3.63) is 42.0 Å². The average Bonchev–Trinajstić information content (AvgIpc) is 3.36. The first kappa shape index (κ1) is 22.5. The van der Waals surface area contributed by atoms with Crippen molar-refractivity contribution in [1.82, 2.24) is 14.9 Å². The van der Waals surface area contributed by atoms with Crippen LogP contribution in [0.15, 0.2) is 36.4 Å². The Morgan fingerprint density at radius 2 is 1.88 bits per heavy atom. The van der Waals surface area contributed by atoms with E-state index in [-0.39, 0.29) is 5.54 Å². The van der Waals surface area contributed by atoms with E-state index in [9.17, 15) is 0 Å². The number of hydrogen-bond acceptors (Lipinski definition) is 6. The van der Waals surface area contributed by atoms with Gasteiger partial charge in [-0.05, 0) is 43.1 Å². The lowest BCUT2D eigenvalue weighted by Crippen LogP contribution is -2.46. The molecule has 2 aromatic rings. The van der Waals surface area contributed by atoms with Gasteiger partial charge in [0.1, 0.15) is 11.6 Å². The zero-order chi connectivity index (χ0) is 22.8. The maximum absolute atomic E-state index is 5.08. The number of nitrogens with zero attached hydrogens (tertiary/aromatic N) is 5. The van der Waals surface area contributed by atoms with Gasteiger partial charge in [0.2, 0.25) is 5.95 Å². The third-order valence-corrected chi connectivity index (χ3v) is 8.25. The Bertz CT molecular complexity index is 923. The Balaban J connectivity index is 1.30. The Morgan fingerprint density at radius 1 is 1.09 bits per heavy atom. The summed E-state index contributed by atoms with van der Waals surface area (Å²) in [5, 5.41) is 3.98. The van der Waals surface area contributed by atoms with Crippen LogP contribution in [0, 0.1) is 11.8 Å². The minimum atomic E-state index is 0.240. The minimum Gasteiger partial charge on any atom is -0.364 e. The number of hydrogen-bond donors (Lipinski definition) is 1. The quantitative estimate of drug-likeness (QED) is 0.666. The molecule has 0 spiro atoms. The van der Waals surface area contributed by atoms with E-state index in [0.29, 0.717) is 0 Å². The lowest BCUT2D eigenvalue weighted by Gasteiger charge is -2.36. The maximum Gasteiger partial charge on any atom is 0.229 e. The standard InChI is InChI=1S/C27H40N6/c1-4-21-17-23-11-8-12-27(23,19-21)30-24-18-25(31(2)3)29-26(28-24)33-15-13-32(14-16-33)20-22-9-6-5-7-10-22/h5-7,9-10,18,21,23H,4,8,11-17,19-20H2,1-3H3,(H,28,29,30). The van der Waals surface area contributed by atoms with Gasteiger partial charge in [-0.3, -0.25) is 4.90 Å². The second-order valence-electron chi connectivity index (χ2n) is 10.6. The molecule has 0 radical (unpaired) electrons. The largest absolute Gasteiger partial charge is 0.364 e. The highest BCUT2D eigenvalue weighted by atomic mass is 15.3. The zero-order valence-corrected chi connectivity index (χ0v) is 20.6. The monoisotopic (exact) mass is 448 g/mol. The highest BCUT2D eigenvalue weighted by Crippen LogP contribution is 2.52. The summed E-state index contributed by atoms with van der Waals surface area (Å²) >= 11 is 0. The molecular formula is C27H40N6. The summed E-state index contributed by atoms with van der Waals surface area (Å²) in [5.74, 6) is 4.53. The van der Waals surface area contributed by atoms with Crippen molar-refractivity contribution in [3.8, 4) is 0 Å². The lowest BCUT2D eigenvalue weighted by atomic mass is 9.90. The van der Waals surface area contributed by atoms with Gasteiger partial charge in [-0.25, -0.2) is 0 Å². The highest BCUT2D eigenvalue weighted by molar-refractivity contribution is 5.55. The molecule has 2 aliphatic carbocycles. The molecule has 0 bridgehead atoms. The van der Waals surface area contributed by atoms with Crippen LogP contribution in [0.25, 0.3) is 0 Å². The summed E-state index contributed by atoms with van der Waals surface area (Å²) in [6, 6.07) is 12.9. The molecule has 178 valence electrons. The summed E-state index contributed by atoms with van der Waals surface area (Å²) < 4.78 is 0. The van der Waals surface area contributed by atoms with Crippen LogP contribution < -0.4 is 15.1 Å². The van der Waals surface area contributed by atoms with Crippen molar-refractivity contribution in [1.29, 1.82) is 0 Å². The van der Waals surface area contributed by atoms with Crippen molar-refractivity contribution in [2.24, 2.45) is 11.8 Å². The Labute approximate surface area is 199 Å². The third kappa shape index (κ3) is 4.81. The van der Waals surface area contributed by atoms with E-state index in [4.69, 9.17) is 9.97 Å². The number of piperazine rings is 1. The number of aromatic nitrogens is 2. The molecule has 1 saturated heterocycles. The van der Waals surface area contributed by atoms with E-state index in [0.717, 1.165) is 62.1 Å². The maximum atomic E-state index is 5.08. The molecule has 1 N–H and O–H groups in total. The smallest absolute Gasteiger partial charge is 0.229 e. The SMILES string of the molecule is CCC1CC2CCCC2(Nc2cc(N(C)C)nc(N3CCN(Cc4ccccc4)CC3)n2)C1. The number of nitrogens with one attached hydrogen (secondary N) is 1. The second-order valence-corrected chi connectivity index (χ2v) is 10.6. The predicted octanol–water partition coefficient (Wildman–Crippen LogP) is 4.64. The van der Waals surface area contributed by atoms with Crippen LogP contribution in [0.5, 0.6) is 0 Å². The predicted molar refractivity (Wildman–Crippen MR) is 137 cm³/mol. The van der Waals surface area contributed by atoms with Crippen molar-refractivity contribution in [2.45, 2.75) is 57.5 Å². The molecule has 33 heavy (non-hydrogen) atoms. The van der Waals surface area contributed by atoms with Gasteiger partial charge < -0.3 is 15.1 Å². The molecule has 3 fully saturated rings. The molecule has 0 amide bonds. The van der Waals surface area contributed by atoms with Gasteiger partial charge in [-0.15, -0.1) is 0 Å². The number of fused-ring (bicyclic) bond motifs is 1. The Hall–Kier alpha value is -2.34. The number of anilines is 3. The molecule has 1 aliphatic heterocycles. The summed E-state index contributed by atoms with van der Waals surface area (Å²) in [6.45, 7) is 7.38. The van der Waals surface area contributed by atoms with E-state index >= 15 is 0 Å². The normalized spacial score (nSPS) is 27.5. The molecule has 2 heterocycles. The summed E-state index contributed by atoms with van der Waals surface area (Å²) in [5.41, 5.74) is 1.63. The molecule has 3 unspecified atom stereocenters. The molecule has 3 atom stereocenters. The summed E-state index contributed by atoms with van der Waals surface area (Å²) in [4.78, 5) is 17.0. The van der Waals surface area contributed by atoms with E-state index < -0.39 is 0 Å². The molecular weight excluding hydrogens is 408 g/mol. The van der Waals surface area contributed by atoms with Crippen LogP contribution in [-0.2, 0) is 6.54 Å². The van der Waals surface area contributed by atoms with E-state index in [1.807, 2.05) is 0 Å². The third-order valence-electron chi connectivity index (χ3n) is 8.25. The van der Waals surface area contributed by atoms with Gasteiger partial charge in [-0.2, -0.15) is 9.97 Å². The van der Waals surface area contributed by atoms with Crippen LogP contribution in [0.3, 0.4) is 0 Å². The van der Waals surface area contributed by atoms with Crippen molar-refractivity contribution >= 4 is 17.6 Å². The van der Waals surface area contributed by atoms with E-state index in [2.05, 4.69) is 77.4 Å². The fourth-order valence-corrected chi connectivity index (χ4v) is 6.34. The van der Waals surface area contributed by atoms with Crippen molar-refractivity contribution < 1.29 is 0 Å².